The first-order chi connectivity index (χ1) is 7.26. The number of rotatable bonds is 3. The SMILES string of the molecule is C#Cc1cccc(C=CCC(=O)OC)c1. The second-order valence-corrected chi connectivity index (χ2v) is 2.95. The third-order valence-electron chi connectivity index (χ3n) is 1.88. The zero-order valence-corrected chi connectivity index (χ0v) is 8.57. The Morgan fingerprint density at radius 1 is 1.60 bits per heavy atom. The summed E-state index contributed by atoms with van der Waals surface area (Å²) in [6.07, 6.45) is 9.14. The van der Waals surface area contributed by atoms with Crippen molar-refractivity contribution >= 4 is 12.0 Å². The quantitative estimate of drug-likeness (QED) is 0.552. The van der Waals surface area contributed by atoms with Crippen LogP contribution in [0.2, 0.25) is 0 Å². The van der Waals surface area contributed by atoms with E-state index < -0.39 is 0 Å². The Balaban J connectivity index is 2.65. The molecule has 0 aliphatic rings. The molecule has 0 amide bonds. The number of hydrogen-bond donors (Lipinski definition) is 0. The van der Waals surface area contributed by atoms with E-state index in [-0.39, 0.29) is 12.4 Å². The maximum atomic E-state index is 10.8. The number of hydrogen-bond acceptors (Lipinski definition) is 2. The van der Waals surface area contributed by atoms with Gasteiger partial charge in [-0.1, -0.05) is 30.2 Å². The van der Waals surface area contributed by atoms with Crippen LogP contribution in [-0.4, -0.2) is 13.1 Å². The average Bonchev–Trinajstić information content (AvgIpc) is 2.29. The van der Waals surface area contributed by atoms with E-state index in [2.05, 4.69) is 10.7 Å². The molecule has 0 saturated heterocycles. The molecule has 15 heavy (non-hydrogen) atoms. The van der Waals surface area contributed by atoms with Crippen LogP contribution in [0.5, 0.6) is 0 Å². The summed E-state index contributed by atoms with van der Waals surface area (Å²) in [4.78, 5) is 10.8. The maximum absolute atomic E-state index is 10.8. The molecule has 0 bridgehead atoms. The summed E-state index contributed by atoms with van der Waals surface area (Å²) in [5.74, 6) is 2.30. The van der Waals surface area contributed by atoms with Crippen molar-refractivity contribution in [2.45, 2.75) is 6.42 Å². The predicted molar refractivity (Wildman–Crippen MR) is 60.0 cm³/mol. The molecular weight excluding hydrogens is 188 g/mol. The Hall–Kier alpha value is -2.01. The van der Waals surface area contributed by atoms with Crippen LogP contribution in [0, 0.1) is 12.3 Å². The van der Waals surface area contributed by atoms with Crippen molar-refractivity contribution in [1.82, 2.24) is 0 Å². The lowest BCUT2D eigenvalue weighted by Gasteiger charge is -1.95. The summed E-state index contributed by atoms with van der Waals surface area (Å²) in [6.45, 7) is 0. The Bertz CT molecular complexity index is 411. The van der Waals surface area contributed by atoms with Crippen molar-refractivity contribution in [1.29, 1.82) is 0 Å². The fraction of sp³-hybridized carbons (Fsp3) is 0.154. The van der Waals surface area contributed by atoms with Crippen molar-refractivity contribution in [3.05, 3.63) is 41.5 Å². The molecule has 0 N–H and O–H groups in total. The standard InChI is InChI=1S/C13H12O2/c1-3-11-6-4-7-12(10-11)8-5-9-13(14)15-2/h1,4-8,10H,9H2,2H3. The highest BCUT2D eigenvalue weighted by atomic mass is 16.5. The summed E-state index contributed by atoms with van der Waals surface area (Å²) < 4.78 is 4.51. The lowest BCUT2D eigenvalue weighted by atomic mass is 10.1. The van der Waals surface area contributed by atoms with Gasteiger partial charge < -0.3 is 4.74 Å². The summed E-state index contributed by atoms with van der Waals surface area (Å²) in [6, 6.07) is 7.55. The molecule has 0 unspecified atom stereocenters. The number of esters is 1. The maximum Gasteiger partial charge on any atom is 0.309 e. The van der Waals surface area contributed by atoms with Crippen molar-refractivity contribution in [3.63, 3.8) is 0 Å². The summed E-state index contributed by atoms with van der Waals surface area (Å²) >= 11 is 0. The lowest BCUT2D eigenvalue weighted by Crippen LogP contribution is -1.96. The number of terminal acetylenes is 1. The van der Waals surface area contributed by atoms with Crippen LogP contribution < -0.4 is 0 Å². The van der Waals surface area contributed by atoms with Gasteiger partial charge in [-0.2, -0.15) is 0 Å². The molecule has 0 radical (unpaired) electrons. The fourth-order valence-corrected chi connectivity index (χ4v) is 1.11. The molecular formula is C13H12O2. The van der Waals surface area contributed by atoms with Crippen LogP contribution in [0.4, 0.5) is 0 Å². The molecule has 1 rings (SSSR count). The van der Waals surface area contributed by atoms with Crippen molar-refractivity contribution < 1.29 is 9.53 Å². The van der Waals surface area contributed by atoms with E-state index in [9.17, 15) is 4.79 Å². The summed E-state index contributed by atoms with van der Waals surface area (Å²) in [7, 11) is 1.37. The van der Waals surface area contributed by atoms with Crippen molar-refractivity contribution in [2.24, 2.45) is 0 Å². The first-order valence-corrected chi connectivity index (χ1v) is 4.56. The van der Waals surface area contributed by atoms with Gasteiger partial charge in [-0.15, -0.1) is 6.42 Å². The normalized spacial score (nSPS) is 9.87. The van der Waals surface area contributed by atoms with E-state index in [1.165, 1.54) is 7.11 Å². The third-order valence-corrected chi connectivity index (χ3v) is 1.88. The molecule has 0 aliphatic carbocycles. The van der Waals surface area contributed by atoms with Crippen LogP contribution >= 0.6 is 0 Å². The number of carbonyl (C=O) groups excluding carboxylic acids is 1. The number of methoxy groups -OCH3 is 1. The molecule has 0 saturated carbocycles. The predicted octanol–water partition coefficient (Wildman–Crippen LogP) is 2.24. The zero-order chi connectivity index (χ0) is 11.1. The van der Waals surface area contributed by atoms with Gasteiger partial charge >= 0.3 is 5.97 Å². The molecule has 0 fully saturated rings. The Kier molecular flexibility index (Phi) is 4.18. The molecule has 0 spiro atoms. The highest BCUT2D eigenvalue weighted by Crippen LogP contribution is 2.06. The van der Waals surface area contributed by atoms with Crippen molar-refractivity contribution in [2.75, 3.05) is 7.11 Å². The third kappa shape index (κ3) is 3.70. The second-order valence-electron chi connectivity index (χ2n) is 2.95. The average molecular weight is 200 g/mol. The van der Waals surface area contributed by atoms with Gasteiger partial charge in [-0.3, -0.25) is 4.79 Å². The first-order valence-electron chi connectivity index (χ1n) is 4.56. The van der Waals surface area contributed by atoms with E-state index >= 15 is 0 Å². The molecule has 0 heterocycles. The zero-order valence-electron chi connectivity index (χ0n) is 8.57. The minimum Gasteiger partial charge on any atom is -0.469 e. The van der Waals surface area contributed by atoms with Crippen LogP contribution in [0.25, 0.3) is 6.08 Å². The van der Waals surface area contributed by atoms with Gasteiger partial charge in [0, 0.05) is 5.56 Å². The fourth-order valence-electron chi connectivity index (χ4n) is 1.11. The van der Waals surface area contributed by atoms with Gasteiger partial charge in [0.1, 0.15) is 0 Å². The molecule has 0 atom stereocenters. The smallest absolute Gasteiger partial charge is 0.309 e. The largest absolute Gasteiger partial charge is 0.469 e. The van der Waals surface area contributed by atoms with Gasteiger partial charge in [0.05, 0.1) is 13.5 Å². The highest BCUT2D eigenvalue weighted by molar-refractivity contribution is 5.72. The van der Waals surface area contributed by atoms with Crippen LogP contribution in [0.3, 0.4) is 0 Å². The van der Waals surface area contributed by atoms with Gasteiger partial charge in [-0.05, 0) is 17.7 Å². The van der Waals surface area contributed by atoms with E-state index in [4.69, 9.17) is 6.42 Å². The van der Waals surface area contributed by atoms with Gasteiger partial charge in [0.2, 0.25) is 0 Å². The molecule has 76 valence electrons. The number of benzene rings is 1. The summed E-state index contributed by atoms with van der Waals surface area (Å²) in [5.41, 5.74) is 1.81. The molecule has 2 heteroatoms. The molecule has 1 aromatic rings. The monoisotopic (exact) mass is 200 g/mol. The van der Waals surface area contributed by atoms with Crippen LogP contribution in [0.15, 0.2) is 30.3 Å². The summed E-state index contributed by atoms with van der Waals surface area (Å²) in [5, 5.41) is 0. The first kappa shape index (κ1) is 11.1. The minimum absolute atomic E-state index is 0.251. The van der Waals surface area contributed by atoms with Crippen molar-refractivity contribution in [3.8, 4) is 12.3 Å². The van der Waals surface area contributed by atoms with Crippen LogP contribution in [-0.2, 0) is 9.53 Å². The van der Waals surface area contributed by atoms with Gasteiger partial charge in [0.15, 0.2) is 0 Å². The van der Waals surface area contributed by atoms with Gasteiger partial charge in [-0.25, -0.2) is 0 Å². The molecule has 0 aromatic heterocycles. The Morgan fingerprint density at radius 3 is 3.07 bits per heavy atom. The minimum atomic E-state index is -0.251. The highest BCUT2D eigenvalue weighted by Gasteiger charge is 1.94. The van der Waals surface area contributed by atoms with E-state index in [0.29, 0.717) is 0 Å². The molecule has 1 aromatic carbocycles. The number of carbonyl (C=O) groups is 1. The van der Waals surface area contributed by atoms with E-state index in [0.717, 1.165) is 11.1 Å². The topological polar surface area (TPSA) is 26.3 Å². The Labute approximate surface area is 89.6 Å². The van der Waals surface area contributed by atoms with Gasteiger partial charge in [0.25, 0.3) is 0 Å². The Morgan fingerprint density at radius 2 is 2.40 bits per heavy atom. The molecule has 0 aliphatic heterocycles. The van der Waals surface area contributed by atoms with Crippen LogP contribution in [0.1, 0.15) is 17.5 Å². The van der Waals surface area contributed by atoms with E-state index in [1.807, 2.05) is 30.3 Å². The molecule has 2 nitrogen and oxygen atoms in total. The lowest BCUT2D eigenvalue weighted by molar-refractivity contribution is -0.139. The number of ether oxygens (including phenoxy) is 1. The van der Waals surface area contributed by atoms with E-state index in [1.54, 1.807) is 6.08 Å². The second kappa shape index (κ2) is 5.66.